The molecule has 1 fully saturated rings. The average Bonchev–Trinajstić information content (AvgIpc) is 2.36. The van der Waals surface area contributed by atoms with Crippen molar-refractivity contribution in [2.24, 2.45) is 0 Å². The summed E-state index contributed by atoms with van der Waals surface area (Å²) in [6, 6.07) is 4.20. The third-order valence-electron chi connectivity index (χ3n) is 3.06. The molecule has 17 heavy (non-hydrogen) atoms. The van der Waals surface area contributed by atoms with Gasteiger partial charge in [-0.15, -0.1) is 0 Å². The van der Waals surface area contributed by atoms with Crippen molar-refractivity contribution in [3.63, 3.8) is 0 Å². The van der Waals surface area contributed by atoms with Gasteiger partial charge in [0.15, 0.2) is 0 Å². The average molecular weight is 305 g/mol. The summed E-state index contributed by atoms with van der Waals surface area (Å²) in [7, 11) is 0. The molecule has 1 atom stereocenters. The largest absolute Gasteiger partial charge is 0.314 e. The van der Waals surface area contributed by atoms with Gasteiger partial charge in [0.05, 0.1) is 6.04 Å². The van der Waals surface area contributed by atoms with Gasteiger partial charge < -0.3 is 5.32 Å². The first-order valence-electron chi connectivity index (χ1n) is 5.68. The molecule has 0 spiro atoms. The van der Waals surface area contributed by atoms with Gasteiger partial charge in [0, 0.05) is 36.2 Å². The summed E-state index contributed by atoms with van der Waals surface area (Å²) in [5.41, 5.74) is 0.434. The standard InChI is InChI=1S/C12H15BrF2N2/c13-9-1-2-11(15)10(7-9)12(8-14)17-5-3-16-4-6-17/h1-2,7,12,16H,3-6,8H2/t12-/m1/s1. The number of nitrogens with one attached hydrogen (secondary N) is 1. The van der Waals surface area contributed by atoms with E-state index in [4.69, 9.17) is 0 Å². The number of nitrogens with zero attached hydrogens (tertiary/aromatic N) is 1. The number of hydrogen-bond donors (Lipinski definition) is 1. The van der Waals surface area contributed by atoms with E-state index in [0.29, 0.717) is 5.56 Å². The van der Waals surface area contributed by atoms with Crippen molar-refractivity contribution in [1.29, 1.82) is 0 Å². The van der Waals surface area contributed by atoms with E-state index in [1.807, 2.05) is 4.90 Å². The van der Waals surface area contributed by atoms with Crippen molar-refractivity contribution in [3.8, 4) is 0 Å². The second kappa shape index (κ2) is 5.89. The smallest absolute Gasteiger partial charge is 0.128 e. The first-order chi connectivity index (χ1) is 8.22. The molecule has 0 aliphatic carbocycles. The van der Waals surface area contributed by atoms with Crippen LogP contribution in [0.25, 0.3) is 0 Å². The molecule has 1 N–H and O–H groups in total. The minimum Gasteiger partial charge on any atom is -0.314 e. The van der Waals surface area contributed by atoms with Crippen LogP contribution in [0, 0.1) is 5.82 Å². The molecular weight excluding hydrogens is 290 g/mol. The Morgan fingerprint density at radius 2 is 2.06 bits per heavy atom. The molecule has 0 radical (unpaired) electrons. The van der Waals surface area contributed by atoms with Gasteiger partial charge in [-0.1, -0.05) is 15.9 Å². The molecule has 1 aliphatic heterocycles. The second-order valence-corrected chi connectivity index (χ2v) is 5.04. The summed E-state index contributed by atoms with van der Waals surface area (Å²) in [6.07, 6.45) is 0. The van der Waals surface area contributed by atoms with Gasteiger partial charge in [-0.2, -0.15) is 0 Å². The summed E-state index contributed by atoms with van der Waals surface area (Å²) in [6.45, 7) is 2.59. The Bertz CT molecular complexity index is 381. The number of alkyl halides is 1. The summed E-state index contributed by atoms with van der Waals surface area (Å²) in [4.78, 5) is 1.99. The van der Waals surface area contributed by atoms with Gasteiger partial charge in [0.2, 0.25) is 0 Å². The van der Waals surface area contributed by atoms with E-state index in [0.717, 1.165) is 30.7 Å². The van der Waals surface area contributed by atoms with Crippen LogP contribution >= 0.6 is 15.9 Å². The Balaban J connectivity index is 2.24. The van der Waals surface area contributed by atoms with Crippen molar-refractivity contribution in [3.05, 3.63) is 34.1 Å². The lowest BCUT2D eigenvalue weighted by molar-refractivity contribution is 0.144. The number of hydrogen-bond acceptors (Lipinski definition) is 2. The van der Waals surface area contributed by atoms with Crippen LogP contribution in [-0.2, 0) is 0 Å². The van der Waals surface area contributed by atoms with E-state index in [2.05, 4.69) is 21.2 Å². The predicted octanol–water partition coefficient (Wildman–Crippen LogP) is 2.50. The van der Waals surface area contributed by atoms with E-state index < -0.39 is 12.7 Å². The van der Waals surface area contributed by atoms with E-state index in [1.165, 1.54) is 6.07 Å². The predicted molar refractivity (Wildman–Crippen MR) is 67.3 cm³/mol. The highest BCUT2D eigenvalue weighted by Gasteiger charge is 2.24. The monoisotopic (exact) mass is 304 g/mol. The fourth-order valence-electron chi connectivity index (χ4n) is 2.14. The zero-order valence-corrected chi connectivity index (χ0v) is 11.0. The van der Waals surface area contributed by atoms with Gasteiger partial charge >= 0.3 is 0 Å². The Hall–Kier alpha value is -0.520. The highest BCUT2D eigenvalue weighted by molar-refractivity contribution is 9.10. The van der Waals surface area contributed by atoms with Crippen molar-refractivity contribution in [1.82, 2.24) is 10.2 Å². The lowest BCUT2D eigenvalue weighted by atomic mass is 10.1. The molecular formula is C12H15BrF2N2. The molecule has 2 nitrogen and oxygen atoms in total. The van der Waals surface area contributed by atoms with Gasteiger partial charge in [-0.05, 0) is 18.2 Å². The normalized spacial score (nSPS) is 19.2. The first-order valence-corrected chi connectivity index (χ1v) is 6.47. The van der Waals surface area contributed by atoms with Crippen LogP contribution in [0.3, 0.4) is 0 Å². The summed E-state index contributed by atoms with van der Waals surface area (Å²) < 4.78 is 27.7. The molecule has 5 heteroatoms. The van der Waals surface area contributed by atoms with E-state index in [-0.39, 0.29) is 5.82 Å². The molecule has 0 unspecified atom stereocenters. The van der Waals surface area contributed by atoms with Gasteiger partial charge in [0.25, 0.3) is 0 Å². The highest BCUT2D eigenvalue weighted by Crippen LogP contribution is 2.27. The van der Waals surface area contributed by atoms with Crippen LogP contribution in [0.1, 0.15) is 11.6 Å². The maximum atomic E-state index is 13.7. The van der Waals surface area contributed by atoms with E-state index >= 15 is 0 Å². The van der Waals surface area contributed by atoms with Crippen LogP contribution in [0.2, 0.25) is 0 Å². The summed E-state index contributed by atoms with van der Waals surface area (Å²) in [5.74, 6) is -0.339. The summed E-state index contributed by atoms with van der Waals surface area (Å²) >= 11 is 3.30. The molecule has 0 amide bonds. The zero-order valence-electron chi connectivity index (χ0n) is 9.43. The number of rotatable bonds is 3. The van der Waals surface area contributed by atoms with Crippen molar-refractivity contribution in [2.45, 2.75) is 6.04 Å². The number of halogens is 3. The molecule has 1 aliphatic rings. The quantitative estimate of drug-likeness (QED) is 0.923. The fraction of sp³-hybridized carbons (Fsp3) is 0.500. The van der Waals surface area contributed by atoms with Gasteiger partial charge in [-0.3, -0.25) is 4.90 Å². The number of piperazine rings is 1. The Labute approximate surface area is 108 Å². The van der Waals surface area contributed by atoms with Crippen LogP contribution in [0.15, 0.2) is 22.7 Å². The van der Waals surface area contributed by atoms with Crippen LogP contribution in [0.4, 0.5) is 8.78 Å². The molecule has 0 saturated carbocycles. The van der Waals surface area contributed by atoms with E-state index in [1.54, 1.807) is 12.1 Å². The van der Waals surface area contributed by atoms with Gasteiger partial charge in [0.1, 0.15) is 12.5 Å². The van der Waals surface area contributed by atoms with Gasteiger partial charge in [-0.25, -0.2) is 8.78 Å². The first kappa shape index (κ1) is 12.9. The SMILES string of the molecule is FC[C@H](c1cc(Br)ccc1F)N1CCNCC1. The minimum absolute atomic E-state index is 0.339. The minimum atomic E-state index is -0.562. The third kappa shape index (κ3) is 3.03. The molecule has 2 rings (SSSR count). The Kier molecular flexibility index (Phi) is 4.48. The zero-order chi connectivity index (χ0) is 12.3. The molecule has 1 aromatic carbocycles. The maximum absolute atomic E-state index is 13.7. The van der Waals surface area contributed by atoms with Crippen molar-refractivity contribution >= 4 is 15.9 Å². The molecule has 0 aromatic heterocycles. The Morgan fingerprint density at radius 1 is 1.35 bits per heavy atom. The molecule has 0 bridgehead atoms. The molecule has 1 saturated heterocycles. The van der Waals surface area contributed by atoms with E-state index in [9.17, 15) is 8.78 Å². The lowest BCUT2D eigenvalue weighted by Crippen LogP contribution is -2.45. The summed E-state index contributed by atoms with van der Waals surface area (Å²) in [5, 5.41) is 3.20. The van der Waals surface area contributed by atoms with Crippen molar-refractivity contribution < 1.29 is 8.78 Å². The second-order valence-electron chi connectivity index (χ2n) is 4.12. The highest BCUT2D eigenvalue weighted by atomic mass is 79.9. The number of benzene rings is 1. The van der Waals surface area contributed by atoms with Crippen LogP contribution < -0.4 is 5.32 Å². The molecule has 94 valence electrons. The lowest BCUT2D eigenvalue weighted by Gasteiger charge is -2.33. The van der Waals surface area contributed by atoms with Crippen LogP contribution in [-0.4, -0.2) is 37.8 Å². The van der Waals surface area contributed by atoms with Crippen LogP contribution in [0.5, 0.6) is 0 Å². The molecule has 1 heterocycles. The third-order valence-corrected chi connectivity index (χ3v) is 3.55. The van der Waals surface area contributed by atoms with Crippen molar-refractivity contribution in [2.75, 3.05) is 32.9 Å². The fourth-order valence-corrected chi connectivity index (χ4v) is 2.52. The molecule has 1 aromatic rings. The topological polar surface area (TPSA) is 15.3 Å². The maximum Gasteiger partial charge on any atom is 0.128 e. The Morgan fingerprint density at radius 3 is 2.71 bits per heavy atom.